The lowest BCUT2D eigenvalue weighted by Gasteiger charge is -2.08. The molecular weight excluding hydrogens is 336 g/mol. The van der Waals surface area contributed by atoms with Crippen molar-refractivity contribution in [3.8, 4) is 0 Å². The molecule has 8 heteroatoms. The van der Waals surface area contributed by atoms with Gasteiger partial charge in [-0.15, -0.1) is 0 Å². The van der Waals surface area contributed by atoms with E-state index in [0.717, 1.165) is 5.56 Å². The van der Waals surface area contributed by atoms with Gasteiger partial charge in [0.1, 0.15) is 11.0 Å². The van der Waals surface area contributed by atoms with Crippen LogP contribution >= 0.6 is 11.6 Å². The first-order chi connectivity index (χ1) is 11.0. The SMILES string of the molecule is C[S@](=O)Cc1cc(NC(=O)c2ccc3n[nH]nc3c2)ccc1Cl. The molecule has 0 unspecified atom stereocenters. The molecule has 0 bridgehead atoms. The first kappa shape index (κ1) is 15.6. The number of rotatable bonds is 4. The molecule has 0 saturated heterocycles. The lowest BCUT2D eigenvalue weighted by atomic mass is 10.1. The van der Waals surface area contributed by atoms with Gasteiger partial charge >= 0.3 is 0 Å². The summed E-state index contributed by atoms with van der Waals surface area (Å²) in [5, 5.41) is 13.7. The molecule has 2 aromatic carbocycles. The predicted octanol–water partition coefficient (Wildman–Crippen LogP) is 2.74. The maximum absolute atomic E-state index is 12.3. The molecule has 118 valence electrons. The summed E-state index contributed by atoms with van der Waals surface area (Å²) in [6, 6.07) is 10.2. The highest BCUT2D eigenvalue weighted by atomic mass is 35.5. The molecule has 0 aliphatic heterocycles. The van der Waals surface area contributed by atoms with Crippen LogP contribution in [0.15, 0.2) is 36.4 Å². The number of carbonyl (C=O) groups excluding carboxylic acids is 1. The topological polar surface area (TPSA) is 87.7 Å². The highest BCUT2D eigenvalue weighted by Crippen LogP contribution is 2.22. The summed E-state index contributed by atoms with van der Waals surface area (Å²) in [5.74, 6) is 0.0776. The number of H-pyrrole nitrogens is 1. The van der Waals surface area contributed by atoms with Gasteiger partial charge in [-0.05, 0) is 42.0 Å². The Bertz CT molecular complexity index is 909. The molecule has 0 saturated carbocycles. The van der Waals surface area contributed by atoms with Crippen LogP contribution in [0.3, 0.4) is 0 Å². The van der Waals surface area contributed by atoms with Crippen LogP contribution in [0.25, 0.3) is 11.0 Å². The van der Waals surface area contributed by atoms with Gasteiger partial charge in [0.2, 0.25) is 0 Å². The smallest absolute Gasteiger partial charge is 0.255 e. The number of carbonyl (C=O) groups is 1. The van der Waals surface area contributed by atoms with Crippen molar-refractivity contribution in [1.29, 1.82) is 0 Å². The first-order valence-corrected chi connectivity index (χ1v) is 8.84. The summed E-state index contributed by atoms with van der Waals surface area (Å²) in [6.45, 7) is 0. The number of amides is 1. The molecule has 1 amide bonds. The Morgan fingerprint density at radius 3 is 2.78 bits per heavy atom. The van der Waals surface area contributed by atoms with Gasteiger partial charge < -0.3 is 5.32 Å². The Morgan fingerprint density at radius 2 is 2.00 bits per heavy atom. The zero-order chi connectivity index (χ0) is 16.4. The summed E-state index contributed by atoms with van der Waals surface area (Å²) in [5.41, 5.74) is 3.12. The second kappa shape index (κ2) is 6.47. The minimum Gasteiger partial charge on any atom is -0.322 e. The Kier molecular flexibility index (Phi) is 4.40. The molecule has 23 heavy (non-hydrogen) atoms. The molecule has 3 rings (SSSR count). The van der Waals surface area contributed by atoms with Crippen LogP contribution < -0.4 is 5.32 Å². The summed E-state index contributed by atoms with van der Waals surface area (Å²) in [6.07, 6.45) is 1.61. The van der Waals surface area contributed by atoms with Crippen LogP contribution in [0.4, 0.5) is 5.69 Å². The molecule has 3 aromatic rings. The number of aromatic amines is 1. The van der Waals surface area contributed by atoms with Gasteiger partial charge in [0.15, 0.2) is 0 Å². The normalized spacial score (nSPS) is 12.3. The van der Waals surface area contributed by atoms with Crippen LogP contribution in [0.5, 0.6) is 0 Å². The van der Waals surface area contributed by atoms with E-state index >= 15 is 0 Å². The third kappa shape index (κ3) is 3.57. The average molecular weight is 349 g/mol. The van der Waals surface area contributed by atoms with Gasteiger partial charge in [-0.2, -0.15) is 15.4 Å². The Balaban J connectivity index is 1.83. The number of nitrogens with zero attached hydrogens (tertiary/aromatic N) is 2. The molecular formula is C15H13ClN4O2S. The monoisotopic (exact) mass is 348 g/mol. The van der Waals surface area contributed by atoms with Gasteiger partial charge in [0.05, 0.1) is 0 Å². The van der Waals surface area contributed by atoms with E-state index in [2.05, 4.69) is 20.7 Å². The van der Waals surface area contributed by atoms with Crippen LogP contribution in [-0.4, -0.2) is 31.8 Å². The maximum Gasteiger partial charge on any atom is 0.255 e. The fraction of sp³-hybridized carbons (Fsp3) is 0.133. The van der Waals surface area contributed by atoms with E-state index in [0.29, 0.717) is 33.1 Å². The van der Waals surface area contributed by atoms with E-state index in [1.807, 2.05) is 0 Å². The molecule has 2 N–H and O–H groups in total. The fourth-order valence-corrected chi connectivity index (χ4v) is 3.11. The summed E-state index contributed by atoms with van der Waals surface area (Å²) < 4.78 is 11.4. The molecule has 1 aromatic heterocycles. The zero-order valence-corrected chi connectivity index (χ0v) is 13.7. The number of nitrogens with one attached hydrogen (secondary N) is 2. The van der Waals surface area contributed by atoms with Crippen molar-refractivity contribution < 1.29 is 9.00 Å². The van der Waals surface area contributed by atoms with Gasteiger partial charge in [0.25, 0.3) is 5.91 Å². The fourth-order valence-electron chi connectivity index (χ4n) is 2.17. The van der Waals surface area contributed by atoms with Crippen LogP contribution in [-0.2, 0) is 16.6 Å². The quantitative estimate of drug-likeness (QED) is 0.758. The molecule has 0 fully saturated rings. The standard InChI is InChI=1S/C15H13ClN4O2S/c1-23(22)8-10-6-11(3-4-12(10)16)17-15(21)9-2-5-13-14(7-9)19-20-18-13/h2-7H,8H2,1H3,(H,17,21)(H,18,19,20)/t23-/m0/s1. The van der Waals surface area contributed by atoms with E-state index < -0.39 is 10.8 Å². The van der Waals surface area contributed by atoms with Crippen molar-refractivity contribution in [3.05, 3.63) is 52.5 Å². The third-order valence-corrected chi connectivity index (χ3v) is 4.33. The summed E-state index contributed by atoms with van der Waals surface area (Å²) >= 11 is 6.08. The minimum atomic E-state index is -1.01. The Labute approximate surface area is 139 Å². The van der Waals surface area contributed by atoms with Crippen molar-refractivity contribution in [2.45, 2.75) is 5.75 Å². The molecule has 0 radical (unpaired) electrons. The number of hydrogen-bond donors (Lipinski definition) is 2. The highest BCUT2D eigenvalue weighted by Gasteiger charge is 2.10. The molecule has 6 nitrogen and oxygen atoms in total. The van der Waals surface area contributed by atoms with Crippen molar-refractivity contribution >= 4 is 45.0 Å². The molecule has 0 aliphatic rings. The first-order valence-electron chi connectivity index (χ1n) is 6.73. The number of benzene rings is 2. The number of anilines is 1. The van der Waals surface area contributed by atoms with Crippen LogP contribution in [0.2, 0.25) is 5.02 Å². The van der Waals surface area contributed by atoms with Crippen LogP contribution in [0, 0.1) is 0 Å². The van der Waals surface area contributed by atoms with Gasteiger partial charge in [-0.3, -0.25) is 9.00 Å². The van der Waals surface area contributed by atoms with Crippen molar-refractivity contribution in [3.63, 3.8) is 0 Å². The predicted molar refractivity (Wildman–Crippen MR) is 91.1 cm³/mol. The molecule has 1 heterocycles. The number of hydrogen-bond acceptors (Lipinski definition) is 4. The van der Waals surface area contributed by atoms with E-state index in [1.165, 1.54) is 0 Å². The molecule has 1 atom stereocenters. The maximum atomic E-state index is 12.3. The second-order valence-corrected chi connectivity index (χ2v) is 6.85. The Morgan fingerprint density at radius 1 is 1.22 bits per heavy atom. The van der Waals surface area contributed by atoms with Crippen LogP contribution in [0.1, 0.15) is 15.9 Å². The zero-order valence-electron chi connectivity index (χ0n) is 12.2. The largest absolute Gasteiger partial charge is 0.322 e. The molecule has 0 spiro atoms. The van der Waals surface area contributed by atoms with Crippen molar-refractivity contribution in [2.75, 3.05) is 11.6 Å². The third-order valence-electron chi connectivity index (χ3n) is 3.24. The van der Waals surface area contributed by atoms with Gasteiger partial charge in [0, 0.05) is 39.1 Å². The lowest BCUT2D eigenvalue weighted by molar-refractivity contribution is 0.102. The highest BCUT2D eigenvalue weighted by molar-refractivity contribution is 7.83. The summed E-state index contributed by atoms with van der Waals surface area (Å²) in [4.78, 5) is 12.3. The van der Waals surface area contributed by atoms with Gasteiger partial charge in [-0.1, -0.05) is 11.6 Å². The second-order valence-electron chi connectivity index (χ2n) is 5.00. The van der Waals surface area contributed by atoms with Crippen molar-refractivity contribution in [2.24, 2.45) is 0 Å². The van der Waals surface area contributed by atoms with E-state index in [1.54, 1.807) is 42.7 Å². The van der Waals surface area contributed by atoms with Gasteiger partial charge in [-0.25, -0.2) is 0 Å². The van der Waals surface area contributed by atoms with Crippen molar-refractivity contribution in [1.82, 2.24) is 15.4 Å². The van der Waals surface area contributed by atoms with E-state index in [4.69, 9.17) is 11.6 Å². The number of aromatic nitrogens is 3. The van der Waals surface area contributed by atoms with E-state index in [9.17, 15) is 9.00 Å². The summed E-state index contributed by atoms with van der Waals surface area (Å²) in [7, 11) is -1.01. The number of halogens is 1. The Hall–Kier alpha value is -2.25. The number of fused-ring (bicyclic) bond motifs is 1. The minimum absolute atomic E-state index is 0.263. The lowest BCUT2D eigenvalue weighted by Crippen LogP contribution is -2.12. The van der Waals surface area contributed by atoms with E-state index in [-0.39, 0.29) is 5.91 Å². The average Bonchev–Trinajstić information content (AvgIpc) is 2.97. The molecule has 0 aliphatic carbocycles.